The van der Waals surface area contributed by atoms with E-state index in [0.717, 1.165) is 66.6 Å². The molecule has 10 rings (SSSR count). The Kier molecular flexibility index (Phi) is 6.01. The van der Waals surface area contributed by atoms with Crippen LogP contribution in [0.15, 0.2) is 167 Å². The SMILES string of the molecule is c1ccc(-c2cccc(N(c3ccc4oc5ccccc5c4c3)c3cccc4c3sc3cccc(-c5nc6ccccc6o5)c34)c2)cc1. The number of para-hydroxylation sites is 3. The topological polar surface area (TPSA) is 42.4 Å². The maximum Gasteiger partial charge on any atom is 0.227 e. The van der Waals surface area contributed by atoms with Crippen molar-refractivity contribution in [2.75, 3.05) is 4.90 Å². The van der Waals surface area contributed by atoms with Gasteiger partial charge in [0.05, 0.1) is 10.4 Å². The number of rotatable bonds is 5. The van der Waals surface area contributed by atoms with Crippen LogP contribution < -0.4 is 4.90 Å². The average Bonchev–Trinajstić information content (AvgIpc) is 3.86. The molecule has 5 heteroatoms. The van der Waals surface area contributed by atoms with Crippen LogP contribution in [0.3, 0.4) is 0 Å². The highest BCUT2D eigenvalue weighted by atomic mass is 32.1. The van der Waals surface area contributed by atoms with Crippen molar-refractivity contribution in [2.45, 2.75) is 0 Å². The van der Waals surface area contributed by atoms with E-state index < -0.39 is 0 Å². The summed E-state index contributed by atoms with van der Waals surface area (Å²) in [5.74, 6) is 0.636. The van der Waals surface area contributed by atoms with Crippen LogP contribution in [0.5, 0.6) is 0 Å². The molecular weight excluding hydrogens is 609 g/mol. The molecule has 0 spiro atoms. The van der Waals surface area contributed by atoms with Gasteiger partial charge < -0.3 is 13.7 Å². The summed E-state index contributed by atoms with van der Waals surface area (Å²) in [5.41, 5.74) is 9.99. The van der Waals surface area contributed by atoms with E-state index in [0.29, 0.717) is 5.89 Å². The lowest BCUT2D eigenvalue weighted by Crippen LogP contribution is -2.10. The Bertz CT molecular complexity index is 2780. The molecule has 0 aliphatic heterocycles. The molecular formula is C43H26N2O2S. The quantitative estimate of drug-likeness (QED) is 0.189. The van der Waals surface area contributed by atoms with E-state index in [-0.39, 0.29) is 0 Å². The van der Waals surface area contributed by atoms with Crippen molar-refractivity contribution in [1.82, 2.24) is 4.98 Å². The van der Waals surface area contributed by atoms with Crippen LogP contribution >= 0.6 is 11.3 Å². The summed E-state index contributed by atoms with van der Waals surface area (Å²) in [7, 11) is 0. The summed E-state index contributed by atoms with van der Waals surface area (Å²) in [6.45, 7) is 0. The number of thiophene rings is 1. The van der Waals surface area contributed by atoms with Crippen molar-refractivity contribution in [3.05, 3.63) is 158 Å². The molecule has 10 aromatic rings. The normalized spacial score (nSPS) is 11.8. The fourth-order valence-corrected chi connectivity index (χ4v) is 8.14. The average molecular weight is 635 g/mol. The predicted molar refractivity (Wildman–Crippen MR) is 200 cm³/mol. The van der Waals surface area contributed by atoms with Gasteiger partial charge in [0.1, 0.15) is 16.7 Å². The Labute approximate surface area is 279 Å². The van der Waals surface area contributed by atoms with Gasteiger partial charge in [-0.1, -0.05) is 91.0 Å². The van der Waals surface area contributed by atoms with Gasteiger partial charge in [0.15, 0.2) is 5.58 Å². The third-order valence-corrected chi connectivity index (χ3v) is 10.3. The number of hydrogen-bond donors (Lipinski definition) is 0. The zero-order chi connectivity index (χ0) is 31.6. The molecule has 0 saturated heterocycles. The van der Waals surface area contributed by atoms with Gasteiger partial charge in [-0.25, -0.2) is 4.98 Å². The number of benzene rings is 7. The third-order valence-electron chi connectivity index (χ3n) is 9.10. The smallest absolute Gasteiger partial charge is 0.227 e. The maximum atomic E-state index is 6.29. The van der Waals surface area contributed by atoms with Gasteiger partial charge in [-0.15, -0.1) is 11.3 Å². The summed E-state index contributed by atoms with van der Waals surface area (Å²) >= 11 is 1.80. The number of furan rings is 1. The monoisotopic (exact) mass is 634 g/mol. The molecule has 0 amide bonds. The molecule has 7 aromatic carbocycles. The Balaban J connectivity index is 1.23. The first-order valence-electron chi connectivity index (χ1n) is 16.0. The van der Waals surface area contributed by atoms with Crippen molar-refractivity contribution < 1.29 is 8.83 Å². The second-order valence-electron chi connectivity index (χ2n) is 12.0. The standard InChI is InChI=1S/C43H26N2O2S/c1-2-11-27(12-3-1)28-13-8-14-29(25-28)45(30-23-24-38-34(26-30)31-15-4-6-20-37(31)46-38)36-19-9-16-32-41-33(17-10-22-40(41)48-42(32)36)43-44-35-18-5-7-21-39(35)47-43/h1-26H. The van der Waals surface area contributed by atoms with E-state index in [2.05, 4.69) is 126 Å². The van der Waals surface area contributed by atoms with Crippen LogP contribution in [0, 0.1) is 0 Å². The zero-order valence-corrected chi connectivity index (χ0v) is 26.4. The lowest BCUT2D eigenvalue weighted by molar-refractivity contribution is 0.620. The molecule has 0 atom stereocenters. The fourth-order valence-electron chi connectivity index (χ4n) is 6.91. The molecule has 3 aromatic heterocycles. The Morgan fingerprint density at radius 3 is 2.15 bits per heavy atom. The van der Waals surface area contributed by atoms with Crippen LogP contribution in [0.1, 0.15) is 0 Å². The van der Waals surface area contributed by atoms with Crippen molar-refractivity contribution in [2.24, 2.45) is 0 Å². The second-order valence-corrected chi connectivity index (χ2v) is 13.0. The number of aromatic nitrogens is 1. The Hall–Kier alpha value is -6.17. The highest BCUT2D eigenvalue weighted by molar-refractivity contribution is 7.26. The lowest BCUT2D eigenvalue weighted by Gasteiger charge is -2.26. The largest absolute Gasteiger partial charge is 0.456 e. The first-order valence-corrected chi connectivity index (χ1v) is 16.8. The summed E-state index contributed by atoms with van der Waals surface area (Å²) < 4.78 is 14.9. The highest BCUT2D eigenvalue weighted by Gasteiger charge is 2.22. The second kappa shape index (κ2) is 10.7. The van der Waals surface area contributed by atoms with Crippen LogP contribution in [0.25, 0.3) is 75.8 Å². The van der Waals surface area contributed by atoms with Gasteiger partial charge in [0.2, 0.25) is 5.89 Å². The third kappa shape index (κ3) is 4.25. The summed E-state index contributed by atoms with van der Waals surface area (Å²) in [4.78, 5) is 7.26. The minimum atomic E-state index is 0.636. The van der Waals surface area contributed by atoms with Crippen LogP contribution in [0.4, 0.5) is 17.1 Å². The molecule has 4 nitrogen and oxygen atoms in total. The minimum Gasteiger partial charge on any atom is -0.456 e. The number of oxazole rings is 1. The molecule has 0 N–H and O–H groups in total. The Morgan fingerprint density at radius 1 is 0.500 bits per heavy atom. The molecule has 0 radical (unpaired) electrons. The van der Waals surface area contributed by atoms with Gasteiger partial charge in [0.25, 0.3) is 0 Å². The number of nitrogens with zero attached hydrogens (tertiary/aromatic N) is 2. The van der Waals surface area contributed by atoms with Crippen molar-refractivity contribution in [3.8, 4) is 22.6 Å². The van der Waals surface area contributed by atoms with Crippen LogP contribution in [0.2, 0.25) is 0 Å². The van der Waals surface area contributed by atoms with E-state index in [4.69, 9.17) is 13.8 Å². The molecule has 0 saturated carbocycles. The van der Waals surface area contributed by atoms with Gasteiger partial charge >= 0.3 is 0 Å². The number of hydrogen-bond acceptors (Lipinski definition) is 5. The van der Waals surface area contributed by atoms with E-state index in [1.54, 1.807) is 11.3 Å². The van der Waals surface area contributed by atoms with E-state index >= 15 is 0 Å². The lowest BCUT2D eigenvalue weighted by atomic mass is 10.0. The van der Waals surface area contributed by atoms with Crippen LogP contribution in [-0.4, -0.2) is 4.98 Å². The van der Waals surface area contributed by atoms with Crippen molar-refractivity contribution in [3.63, 3.8) is 0 Å². The molecule has 0 fully saturated rings. The fraction of sp³-hybridized carbons (Fsp3) is 0. The molecule has 0 bridgehead atoms. The highest BCUT2D eigenvalue weighted by Crippen LogP contribution is 2.48. The molecule has 3 heterocycles. The van der Waals surface area contributed by atoms with Crippen molar-refractivity contribution in [1.29, 1.82) is 0 Å². The van der Waals surface area contributed by atoms with Crippen molar-refractivity contribution >= 4 is 81.6 Å². The zero-order valence-electron chi connectivity index (χ0n) is 25.6. The first-order chi connectivity index (χ1) is 23.8. The summed E-state index contributed by atoms with van der Waals surface area (Å²) in [6, 6.07) is 55.1. The van der Waals surface area contributed by atoms with Gasteiger partial charge in [0, 0.05) is 43.2 Å². The van der Waals surface area contributed by atoms with E-state index in [1.165, 1.54) is 20.3 Å². The van der Waals surface area contributed by atoms with E-state index in [9.17, 15) is 0 Å². The number of fused-ring (bicyclic) bond motifs is 7. The van der Waals surface area contributed by atoms with E-state index in [1.807, 2.05) is 36.4 Å². The number of anilines is 3. The molecule has 48 heavy (non-hydrogen) atoms. The Morgan fingerprint density at radius 2 is 1.23 bits per heavy atom. The maximum absolute atomic E-state index is 6.29. The summed E-state index contributed by atoms with van der Waals surface area (Å²) in [5, 5.41) is 4.52. The molecule has 0 aliphatic carbocycles. The molecule has 226 valence electrons. The van der Waals surface area contributed by atoms with Gasteiger partial charge in [-0.05, 0) is 77.9 Å². The van der Waals surface area contributed by atoms with Gasteiger partial charge in [-0.3, -0.25) is 0 Å². The van der Waals surface area contributed by atoms with Crippen LogP contribution in [-0.2, 0) is 0 Å². The molecule has 0 aliphatic rings. The summed E-state index contributed by atoms with van der Waals surface area (Å²) in [6.07, 6.45) is 0. The van der Waals surface area contributed by atoms with Gasteiger partial charge in [-0.2, -0.15) is 0 Å². The predicted octanol–water partition coefficient (Wildman–Crippen LogP) is 12.9. The minimum absolute atomic E-state index is 0.636. The molecule has 0 unspecified atom stereocenters. The first kappa shape index (κ1) is 27.0.